The lowest BCUT2D eigenvalue weighted by atomic mass is 10.3. The number of benzene rings is 1. The number of amides is 3. The third-order valence-electron chi connectivity index (χ3n) is 2.31. The van der Waals surface area contributed by atoms with Crippen molar-refractivity contribution in [1.29, 1.82) is 0 Å². The van der Waals surface area contributed by atoms with Crippen molar-refractivity contribution in [2.45, 2.75) is 6.92 Å². The monoisotopic (exact) mass is 298 g/mol. The Kier molecular flexibility index (Phi) is 3.33. The van der Waals surface area contributed by atoms with E-state index in [-0.39, 0.29) is 12.5 Å². The summed E-state index contributed by atoms with van der Waals surface area (Å²) in [6.07, 6.45) is 0. The normalized spacial score (nSPS) is 15.1. The van der Waals surface area contributed by atoms with E-state index in [0.717, 1.165) is 0 Å². The number of imide groups is 1. The maximum atomic E-state index is 11.5. The Balaban J connectivity index is 2.27. The highest BCUT2D eigenvalue weighted by Crippen LogP contribution is 2.31. The van der Waals surface area contributed by atoms with Crippen LogP contribution in [0.5, 0.6) is 5.75 Å². The smallest absolute Gasteiger partial charge is 0.329 e. The van der Waals surface area contributed by atoms with Crippen molar-refractivity contribution in [2.75, 3.05) is 18.1 Å². The number of hydrogen-bond acceptors (Lipinski definition) is 3. The van der Waals surface area contributed by atoms with Gasteiger partial charge in [0, 0.05) is 4.47 Å². The SMILES string of the molecule is CCOc1ccc(N2CC(=O)NC2=O)c(Br)c1. The Morgan fingerprint density at radius 1 is 1.47 bits per heavy atom. The van der Waals surface area contributed by atoms with Gasteiger partial charge in [-0.1, -0.05) is 0 Å². The molecule has 2 rings (SSSR count). The molecule has 1 fully saturated rings. The van der Waals surface area contributed by atoms with Gasteiger partial charge in [0.05, 0.1) is 12.3 Å². The van der Waals surface area contributed by atoms with Gasteiger partial charge in [-0.05, 0) is 41.1 Å². The molecule has 1 aliphatic heterocycles. The first-order valence-corrected chi connectivity index (χ1v) is 5.95. The molecular formula is C11H11BrN2O3. The quantitative estimate of drug-likeness (QED) is 0.867. The molecule has 0 aromatic heterocycles. The number of hydrogen-bond donors (Lipinski definition) is 1. The van der Waals surface area contributed by atoms with Crippen LogP contribution < -0.4 is 15.0 Å². The van der Waals surface area contributed by atoms with E-state index in [4.69, 9.17) is 4.74 Å². The number of ether oxygens (including phenoxy) is 1. The minimum atomic E-state index is -0.403. The largest absolute Gasteiger partial charge is 0.494 e. The Hall–Kier alpha value is -1.56. The Morgan fingerprint density at radius 3 is 2.76 bits per heavy atom. The molecule has 3 amide bonds. The van der Waals surface area contributed by atoms with E-state index in [2.05, 4.69) is 21.2 Å². The minimum absolute atomic E-state index is 0.0470. The fourth-order valence-corrected chi connectivity index (χ4v) is 2.17. The van der Waals surface area contributed by atoms with Crippen molar-refractivity contribution in [1.82, 2.24) is 5.32 Å². The molecule has 90 valence electrons. The van der Waals surface area contributed by atoms with Gasteiger partial charge in [-0.3, -0.25) is 15.0 Å². The summed E-state index contributed by atoms with van der Waals surface area (Å²) in [6.45, 7) is 2.52. The van der Waals surface area contributed by atoms with Crippen LogP contribution in [0.1, 0.15) is 6.92 Å². The minimum Gasteiger partial charge on any atom is -0.494 e. The van der Waals surface area contributed by atoms with Crippen LogP contribution in [0, 0.1) is 0 Å². The molecule has 1 aliphatic rings. The second-order valence-electron chi connectivity index (χ2n) is 3.49. The number of urea groups is 1. The number of nitrogens with zero attached hydrogens (tertiary/aromatic N) is 1. The van der Waals surface area contributed by atoms with Crippen LogP contribution >= 0.6 is 15.9 Å². The summed E-state index contributed by atoms with van der Waals surface area (Å²) < 4.78 is 6.05. The standard InChI is InChI=1S/C11H11BrN2O3/c1-2-17-7-3-4-9(8(12)5-7)14-6-10(15)13-11(14)16/h3-5H,2,6H2,1H3,(H,13,15,16). The molecule has 5 nitrogen and oxygen atoms in total. The van der Waals surface area contributed by atoms with Gasteiger partial charge in [0.1, 0.15) is 12.3 Å². The summed E-state index contributed by atoms with van der Waals surface area (Å²) in [7, 11) is 0. The molecule has 0 spiro atoms. The van der Waals surface area contributed by atoms with Gasteiger partial charge in [0.2, 0.25) is 5.91 Å². The van der Waals surface area contributed by atoms with Crippen LogP contribution in [-0.2, 0) is 4.79 Å². The van der Waals surface area contributed by atoms with Crippen molar-refractivity contribution in [3.8, 4) is 5.75 Å². The molecule has 0 aliphatic carbocycles. The van der Waals surface area contributed by atoms with Crippen molar-refractivity contribution in [2.24, 2.45) is 0 Å². The van der Waals surface area contributed by atoms with Gasteiger partial charge in [0.15, 0.2) is 0 Å². The summed E-state index contributed by atoms with van der Waals surface area (Å²) >= 11 is 3.36. The van der Waals surface area contributed by atoms with E-state index in [1.54, 1.807) is 18.2 Å². The highest BCUT2D eigenvalue weighted by Gasteiger charge is 2.29. The summed E-state index contributed by atoms with van der Waals surface area (Å²) in [4.78, 5) is 24.0. The van der Waals surface area contributed by atoms with Crippen molar-refractivity contribution in [3.05, 3.63) is 22.7 Å². The highest BCUT2D eigenvalue weighted by atomic mass is 79.9. The molecule has 1 aromatic carbocycles. The number of carbonyl (C=O) groups excluding carboxylic acids is 2. The average Bonchev–Trinajstić information content (AvgIpc) is 2.58. The molecule has 1 saturated heterocycles. The lowest BCUT2D eigenvalue weighted by molar-refractivity contribution is -0.117. The van der Waals surface area contributed by atoms with Crippen LogP contribution in [0.15, 0.2) is 22.7 Å². The average molecular weight is 299 g/mol. The predicted octanol–water partition coefficient (Wildman–Crippen LogP) is 1.90. The topological polar surface area (TPSA) is 58.6 Å². The number of anilines is 1. The summed E-state index contributed by atoms with van der Waals surface area (Å²) in [5.41, 5.74) is 0.650. The zero-order valence-corrected chi connectivity index (χ0v) is 10.8. The van der Waals surface area contributed by atoms with Crippen LogP contribution in [0.2, 0.25) is 0 Å². The molecule has 1 heterocycles. The molecule has 17 heavy (non-hydrogen) atoms. The maximum absolute atomic E-state index is 11.5. The summed E-state index contributed by atoms with van der Waals surface area (Å²) in [5, 5.41) is 2.23. The summed E-state index contributed by atoms with van der Waals surface area (Å²) in [5.74, 6) is 0.421. The third kappa shape index (κ3) is 2.41. The summed E-state index contributed by atoms with van der Waals surface area (Å²) in [6, 6.07) is 4.88. The Labute approximate surface area is 107 Å². The fraction of sp³-hybridized carbons (Fsp3) is 0.273. The zero-order chi connectivity index (χ0) is 12.4. The second kappa shape index (κ2) is 4.75. The number of carbonyl (C=O) groups is 2. The molecular weight excluding hydrogens is 288 g/mol. The van der Waals surface area contributed by atoms with Crippen LogP contribution in [0.25, 0.3) is 0 Å². The maximum Gasteiger partial charge on any atom is 0.329 e. The van der Waals surface area contributed by atoms with Crippen molar-refractivity contribution < 1.29 is 14.3 Å². The molecule has 0 radical (unpaired) electrons. The van der Waals surface area contributed by atoms with Gasteiger partial charge in [-0.15, -0.1) is 0 Å². The first-order valence-electron chi connectivity index (χ1n) is 5.15. The van der Waals surface area contributed by atoms with E-state index in [0.29, 0.717) is 22.5 Å². The molecule has 1 aromatic rings. The molecule has 0 saturated carbocycles. The first-order chi connectivity index (χ1) is 8.11. The third-order valence-corrected chi connectivity index (χ3v) is 2.95. The molecule has 1 N–H and O–H groups in total. The van der Waals surface area contributed by atoms with Crippen molar-refractivity contribution >= 4 is 33.6 Å². The molecule has 0 atom stereocenters. The predicted molar refractivity (Wildman–Crippen MR) is 66.2 cm³/mol. The lowest BCUT2D eigenvalue weighted by Gasteiger charge is -2.15. The second-order valence-corrected chi connectivity index (χ2v) is 4.34. The van der Waals surface area contributed by atoms with Gasteiger partial charge < -0.3 is 4.74 Å². The van der Waals surface area contributed by atoms with E-state index in [9.17, 15) is 9.59 Å². The fourth-order valence-electron chi connectivity index (χ4n) is 1.60. The van der Waals surface area contributed by atoms with Crippen LogP contribution in [0.3, 0.4) is 0 Å². The number of halogens is 1. The van der Waals surface area contributed by atoms with Crippen molar-refractivity contribution in [3.63, 3.8) is 0 Å². The number of rotatable bonds is 3. The van der Waals surface area contributed by atoms with Crippen LogP contribution in [-0.4, -0.2) is 25.1 Å². The van der Waals surface area contributed by atoms with E-state index < -0.39 is 6.03 Å². The molecule has 0 unspecified atom stereocenters. The van der Waals surface area contributed by atoms with Gasteiger partial charge in [0.25, 0.3) is 0 Å². The molecule has 0 bridgehead atoms. The van der Waals surface area contributed by atoms with Crippen LogP contribution in [0.4, 0.5) is 10.5 Å². The Bertz CT molecular complexity index is 476. The lowest BCUT2D eigenvalue weighted by Crippen LogP contribution is -2.28. The molecule has 6 heteroatoms. The zero-order valence-electron chi connectivity index (χ0n) is 9.20. The van der Waals surface area contributed by atoms with E-state index in [1.807, 2.05) is 6.92 Å². The van der Waals surface area contributed by atoms with E-state index >= 15 is 0 Å². The van der Waals surface area contributed by atoms with Gasteiger partial charge >= 0.3 is 6.03 Å². The van der Waals surface area contributed by atoms with Gasteiger partial charge in [-0.25, -0.2) is 4.79 Å². The first kappa shape index (κ1) is 11.9. The highest BCUT2D eigenvalue weighted by molar-refractivity contribution is 9.10. The van der Waals surface area contributed by atoms with Gasteiger partial charge in [-0.2, -0.15) is 0 Å². The number of nitrogens with one attached hydrogen (secondary N) is 1. The Morgan fingerprint density at radius 2 is 2.24 bits per heavy atom. The van der Waals surface area contributed by atoms with E-state index in [1.165, 1.54) is 4.90 Å².